The Labute approximate surface area is 315 Å². The van der Waals surface area contributed by atoms with Crippen LogP contribution in [0.4, 0.5) is 10.6 Å². The Morgan fingerprint density at radius 3 is 2.59 bits per heavy atom. The third-order valence-corrected chi connectivity index (χ3v) is 11.7. The van der Waals surface area contributed by atoms with Gasteiger partial charge in [0.15, 0.2) is 0 Å². The van der Waals surface area contributed by atoms with Crippen LogP contribution in [0, 0.1) is 5.92 Å². The zero-order chi connectivity index (χ0) is 39.0. The van der Waals surface area contributed by atoms with E-state index in [2.05, 4.69) is 15.4 Å². The molecule has 3 heterocycles. The van der Waals surface area contributed by atoms with Gasteiger partial charge in [-0.2, -0.15) is 4.98 Å². The van der Waals surface area contributed by atoms with Crippen LogP contribution in [0.15, 0.2) is 36.4 Å². The second kappa shape index (κ2) is 15.2. The van der Waals surface area contributed by atoms with Crippen LogP contribution >= 0.6 is 0 Å². The summed E-state index contributed by atoms with van der Waals surface area (Å²) < 4.78 is 51.1. The summed E-state index contributed by atoms with van der Waals surface area (Å²) in [6.07, 6.45) is 4.33. The fraction of sp³-hybridized carbons (Fsp3) is 0.595. The Morgan fingerprint density at radius 2 is 1.91 bits per heavy atom. The summed E-state index contributed by atoms with van der Waals surface area (Å²) in [6.45, 7) is 5.09. The van der Waals surface area contributed by atoms with Crippen molar-refractivity contribution in [2.75, 3.05) is 45.9 Å². The molecule has 3 fully saturated rings. The normalized spacial score (nSPS) is 27.0. The van der Waals surface area contributed by atoms with E-state index in [1.165, 1.54) is 4.90 Å². The van der Waals surface area contributed by atoms with Gasteiger partial charge < -0.3 is 39.4 Å². The first-order valence-electron chi connectivity index (χ1n) is 18.2. The number of ether oxygens (including phenoxy) is 4. The van der Waals surface area contributed by atoms with Crippen molar-refractivity contribution in [3.8, 4) is 11.6 Å². The molecule has 17 heteroatoms. The molecule has 1 aromatic heterocycles. The van der Waals surface area contributed by atoms with Crippen LogP contribution in [-0.2, 0) is 33.9 Å². The summed E-state index contributed by atoms with van der Waals surface area (Å²) in [7, 11) is 1.35. The first kappa shape index (κ1) is 39.1. The van der Waals surface area contributed by atoms with E-state index >= 15 is 0 Å². The number of carbonyl (C=O) groups excluding carboxylic acids is 4. The zero-order valence-electron chi connectivity index (χ0n) is 31.5. The number of nitrogens with one attached hydrogen (secondary N) is 3. The summed E-state index contributed by atoms with van der Waals surface area (Å²) in [4.78, 5) is 63.4. The van der Waals surface area contributed by atoms with Crippen LogP contribution in [0.3, 0.4) is 0 Å². The van der Waals surface area contributed by atoms with Gasteiger partial charge >= 0.3 is 6.09 Å². The van der Waals surface area contributed by atoms with Crippen LogP contribution < -0.4 is 29.7 Å². The van der Waals surface area contributed by atoms with Gasteiger partial charge in [-0.1, -0.05) is 12.2 Å². The molecule has 1 saturated heterocycles. The lowest BCUT2D eigenvalue weighted by molar-refractivity contribution is -0.142. The molecule has 4 amide bonds. The molecule has 2 aliphatic heterocycles. The van der Waals surface area contributed by atoms with E-state index in [0.29, 0.717) is 42.6 Å². The van der Waals surface area contributed by atoms with E-state index < -0.39 is 74.3 Å². The molecule has 294 valence electrons. The van der Waals surface area contributed by atoms with Crippen LogP contribution in [0.25, 0.3) is 10.8 Å². The second-order valence-corrected chi connectivity index (χ2v) is 17.5. The number of methoxy groups -OCH3 is 1. The monoisotopic (exact) mass is 770 g/mol. The van der Waals surface area contributed by atoms with Crippen LogP contribution in [0.1, 0.15) is 59.3 Å². The molecule has 16 nitrogen and oxygen atoms in total. The number of benzene rings is 1. The minimum Gasteiger partial charge on any atom is -0.497 e. The largest absolute Gasteiger partial charge is 0.497 e. The van der Waals surface area contributed by atoms with Gasteiger partial charge in [0.25, 0.3) is 5.91 Å². The standard InChI is InChI=1S/C37H50N6O10S/c1-36(2,3)53-35(47)38-28-21-51-15-9-7-8-10-23-19-37(23,34(46)41-54(48,49)26-12-13-26)40-31(44)29-18-25(20-43(29)33(28)45)52-32-27-14-11-24(50-6)16-22(27)17-30(39-32)42(4)5/h8,10-11,14,16-17,23,25-26,28-29H,7,9,12-13,15,18-21H2,1-6H3,(H,38,47)(H,40,44)(H,41,46)/b10-8-/t23?,25?,28-,29-,37+/m0/s1. The summed E-state index contributed by atoms with van der Waals surface area (Å²) in [5.41, 5.74) is -2.39. The van der Waals surface area contributed by atoms with E-state index in [4.69, 9.17) is 23.9 Å². The Bertz CT molecular complexity index is 1930. The number of aromatic nitrogens is 1. The molecular weight excluding hydrogens is 721 g/mol. The highest BCUT2D eigenvalue weighted by atomic mass is 32.2. The van der Waals surface area contributed by atoms with Gasteiger partial charge in [0.05, 0.1) is 25.5 Å². The second-order valence-electron chi connectivity index (χ2n) is 15.5. The maximum Gasteiger partial charge on any atom is 0.408 e. The summed E-state index contributed by atoms with van der Waals surface area (Å²) in [5.74, 6) is -1.05. The highest BCUT2D eigenvalue weighted by Crippen LogP contribution is 2.46. The molecule has 2 aliphatic carbocycles. The third kappa shape index (κ3) is 8.83. The number of rotatable bonds is 8. The van der Waals surface area contributed by atoms with Gasteiger partial charge in [0.2, 0.25) is 27.7 Å². The van der Waals surface area contributed by atoms with Gasteiger partial charge in [0.1, 0.15) is 40.9 Å². The number of pyridine rings is 1. The third-order valence-electron chi connectivity index (χ3n) is 9.84. The van der Waals surface area contributed by atoms with E-state index in [1.807, 2.05) is 49.3 Å². The fourth-order valence-electron chi connectivity index (χ4n) is 6.73. The highest BCUT2D eigenvalue weighted by Gasteiger charge is 2.62. The van der Waals surface area contributed by atoms with E-state index in [9.17, 15) is 27.6 Å². The number of allylic oxidation sites excluding steroid dienone is 1. The lowest BCUT2D eigenvalue weighted by Gasteiger charge is -2.30. The number of fused-ring (bicyclic) bond motifs is 3. The zero-order valence-corrected chi connectivity index (χ0v) is 32.4. The molecule has 6 rings (SSSR count). The SMILES string of the molecule is COc1ccc2c(OC3C[C@H]4C(=O)N[C@]5(C(=O)NS(=O)(=O)C6CC6)CC5/C=C\CCCOC[C@H](NC(=O)OC(C)(C)C)C(=O)N4C3)nc(N(C)C)cc2c1. The molecule has 2 aromatic rings. The number of carbonyl (C=O) groups is 4. The van der Waals surface area contributed by atoms with Crippen molar-refractivity contribution in [1.82, 2.24) is 25.2 Å². The lowest BCUT2D eigenvalue weighted by Crippen LogP contribution is -2.59. The lowest BCUT2D eigenvalue weighted by atomic mass is 10.1. The predicted molar refractivity (Wildman–Crippen MR) is 199 cm³/mol. The Balaban J connectivity index is 1.34. The Morgan fingerprint density at radius 1 is 1.15 bits per heavy atom. The molecule has 2 saturated carbocycles. The van der Waals surface area contributed by atoms with Crippen molar-refractivity contribution < 1.29 is 46.5 Å². The van der Waals surface area contributed by atoms with Crippen LogP contribution in [0.5, 0.6) is 11.6 Å². The average molecular weight is 771 g/mol. The first-order chi connectivity index (χ1) is 25.5. The van der Waals surface area contributed by atoms with E-state index in [1.54, 1.807) is 33.9 Å². The van der Waals surface area contributed by atoms with Crippen molar-refractivity contribution in [3.63, 3.8) is 0 Å². The average Bonchev–Trinajstić information content (AvgIpc) is 4.02. The molecule has 0 bridgehead atoms. The number of anilines is 1. The summed E-state index contributed by atoms with van der Waals surface area (Å²) in [5, 5.41) is 6.31. The predicted octanol–water partition coefficient (Wildman–Crippen LogP) is 2.40. The van der Waals surface area contributed by atoms with Gasteiger partial charge in [-0.15, -0.1) is 0 Å². The molecule has 3 N–H and O–H groups in total. The number of hydrogen-bond acceptors (Lipinski definition) is 12. The molecule has 4 aliphatic rings. The maximum absolute atomic E-state index is 14.4. The molecule has 0 radical (unpaired) electrons. The molecule has 54 heavy (non-hydrogen) atoms. The smallest absolute Gasteiger partial charge is 0.408 e. The number of sulfonamides is 1. The fourth-order valence-corrected chi connectivity index (χ4v) is 8.09. The quantitative estimate of drug-likeness (QED) is 0.333. The van der Waals surface area contributed by atoms with E-state index in [0.717, 1.165) is 5.39 Å². The number of nitrogens with zero attached hydrogens (tertiary/aromatic N) is 3. The van der Waals surface area contributed by atoms with Crippen molar-refractivity contribution >= 4 is 50.4 Å². The van der Waals surface area contributed by atoms with Gasteiger partial charge in [0, 0.05) is 38.4 Å². The minimum atomic E-state index is -3.91. The summed E-state index contributed by atoms with van der Waals surface area (Å²) in [6, 6.07) is 4.94. The molecule has 5 atom stereocenters. The first-order valence-corrected chi connectivity index (χ1v) is 19.8. The minimum absolute atomic E-state index is 0.00167. The van der Waals surface area contributed by atoms with Crippen LogP contribution in [-0.4, -0.2) is 118 Å². The highest BCUT2D eigenvalue weighted by molar-refractivity contribution is 7.91. The van der Waals surface area contributed by atoms with Crippen molar-refractivity contribution in [3.05, 3.63) is 36.4 Å². The number of amides is 4. The van der Waals surface area contributed by atoms with Crippen molar-refractivity contribution in [2.24, 2.45) is 5.92 Å². The van der Waals surface area contributed by atoms with E-state index in [-0.39, 0.29) is 38.5 Å². The Hall–Kier alpha value is -4.64. The van der Waals surface area contributed by atoms with Crippen molar-refractivity contribution in [1.29, 1.82) is 0 Å². The Kier molecular flexibility index (Phi) is 11.0. The number of alkyl carbamates (subject to hydrolysis) is 1. The van der Waals surface area contributed by atoms with Gasteiger partial charge in [-0.25, -0.2) is 13.2 Å². The number of hydrogen-bond donors (Lipinski definition) is 3. The maximum atomic E-state index is 14.4. The van der Waals surface area contributed by atoms with Crippen LogP contribution in [0.2, 0.25) is 0 Å². The van der Waals surface area contributed by atoms with Gasteiger partial charge in [-0.3, -0.25) is 19.1 Å². The molecular formula is C37H50N6O10S. The topological polar surface area (TPSA) is 195 Å². The van der Waals surface area contributed by atoms with Gasteiger partial charge in [-0.05, 0) is 82.5 Å². The molecule has 1 aromatic carbocycles. The summed E-state index contributed by atoms with van der Waals surface area (Å²) >= 11 is 0. The van der Waals surface area contributed by atoms with Crippen molar-refractivity contribution in [2.45, 2.75) is 93.9 Å². The molecule has 0 spiro atoms. The molecule has 2 unspecified atom stereocenters.